The van der Waals surface area contributed by atoms with Gasteiger partial charge in [0.1, 0.15) is 11.5 Å². The number of amides is 1. The van der Waals surface area contributed by atoms with E-state index >= 15 is 0 Å². The van der Waals surface area contributed by atoms with Crippen molar-refractivity contribution in [3.8, 4) is 0 Å². The number of hydrogen-bond acceptors (Lipinski definition) is 5. The van der Waals surface area contributed by atoms with Crippen LogP contribution in [0.25, 0.3) is 0 Å². The smallest absolute Gasteiger partial charge is 0.271 e. The largest absolute Gasteiger partial charge is 0.372 e. The first kappa shape index (κ1) is 19.1. The Hall–Kier alpha value is -2.63. The number of aromatic nitrogens is 2. The van der Waals surface area contributed by atoms with Gasteiger partial charge in [-0.05, 0) is 49.4 Å². The van der Waals surface area contributed by atoms with Crippen LogP contribution in [0.1, 0.15) is 50.0 Å². The minimum Gasteiger partial charge on any atom is -0.372 e. The summed E-state index contributed by atoms with van der Waals surface area (Å²) >= 11 is 0. The predicted molar refractivity (Wildman–Crippen MR) is 110 cm³/mol. The van der Waals surface area contributed by atoms with Crippen molar-refractivity contribution in [3.63, 3.8) is 0 Å². The second-order valence-electron chi connectivity index (χ2n) is 7.24. The minimum atomic E-state index is -0.178. The van der Waals surface area contributed by atoms with Gasteiger partial charge in [0.2, 0.25) is 0 Å². The molecule has 6 heteroatoms. The molecule has 1 saturated heterocycles. The van der Waals surface area contributed by atoms with Gasteiger partial charge in [-0.3, -0.25) is 4.79 Å². The van der Waals surface area contributed by atoms with Crippen LogP contribution >= 0.6 is 0 Å². The van der Waals surface area contributed by atoms with E-state index in [1.807, 2.05) is 0 Å². The third-order valence-corrected chi connectivity index (χ3v) is 4.99. The Kier molecular flexibility index (Phi) is 6.63. The molecule has 2 aromatic rings. The molecule has 144 valence electrons. The van der Waals surface area contributed by atoms with Crippen LogP contribution in [-0.2, 0) is 0 Å². The summed E-state index contributed by atoms with van der Waals surface area (Å²) in [6.45, 7) is 7.33. The summed E-state index contributed by atoms with van der Waals surface area (Å²) in [5.74, 6) is 1.28. The standard InChI is InChI=1S/C21H29N5O/c1-3-4-11-22-21(27)19-14-24-20(15-23-19)25-17-5-7-18(8-6-17)26-12-9-16(2)10-13-26/h5-8,14-16H,3-4,9-13H2,1-2H3,(H,22,27)(H,24,25). The van der Waals surface area contributed by atoms with Crippen LogP contribution in [0.2, 0.25) is 0 Å². The molecule has 0 spiro atoms. The lowest BCUT2D eigenvalue weighted by Gasteiger charge is -2.32. The number of unbranched alkanes of at least 4 members (excludes halogenated alkanes) is 1. The molecule has 1 aromatic heterocycles. The van der Waals surface area contributed by atoms with Gasteiger partial charge in [-0.25, -0.2) is 9.97 Å². The Morgan fingerprint density at radius 3 is 2.52 bits per heavy atom. The zero-order valence-corrected chi connectivity index (χ0v) is 16.2. The van der Waals surface area contributed by atoms with E-state index in [2.05, 4.69) is 63.6 Å². The topological polar surface area (TPSA) is 70.2 Å². The van der Waals surface area contributed by atoms with Crippen molar-refractivity contribution in [1.82, 2.24) is 15.3 Å². The van der Waals surface area contributed by atoms with E-state index in [1.54, 1.807) is 6.20 Å². The van der Waals surface area contributed by atoms with Gasteiger partial charge in [0.05, 0.1) is 12.4 Å². The van der Waals surface area contributed by atoms with E-state index in [9.17, 15) is 4.79 Å². The summed E-state index contributed by atoms with van der Waals surface area (Å²) in [5.41, 5.74) is 2.56. The summed E-state index contributed by atoms with van der Waals surface area (Å²) in [7, 11) is 0. The lowest BCUT2D eigenvalue weighted by Crippen LogP contribution is -2.32. The first-order chi connectivity index (χ1) is 13.2. The zero-order valence-electron chi connectivity index (χ0n) is 16.2. The van der Waals surface area contributed by atoms with E-state index in [0.717, 1.165) is 37.5 Å². The number of carbonyl (C=O) groups excluding carboxylic acids is 1. The van der Waals surface area contributed by atoms with Crippen molar-refractivity contribution in [2.24, 2.45) is 5.92 Å². The molecule has 3 rings (SSSR count). The fourth-order valence-electron chi connectivity index (χ4n) is 3.15. The maximum absolute atomic E-state index is 12.0. The SMILES string of the molecule is CCCCNC(=O)c1cnc(Nc2ccc(N3CCC(C)CC3)cc2)cn1. The van der Waals surface area contributed by atoms with Gasteiger partial charge >= 0.3 is 0 Å². The van der Waals surface area contributed by atoms with Crippen LogP contribution in [0, 0.1) is 5.92 Å². The molecule has 0 bridgehead atoms. The molecule has 1 fully saturated rings. The Labute approximate surface area is 161 Å². The van der Waals surface area contributed by atoms with Crippen LogP contribution in [0.3, 0.4) is 0 Å². The summed E-state index contributed by atoms with van der Waals surface area (Å²) in [6.07, 6.45) is 7.62. The van der Waals surface area contributed by atoms with Gasteiger partial charge in [0.15, 0.2) is 0 Å². The molecule has 2 N–H and O–H groups in total. The molecule has 0 unspecified atom stereocenters. The highest BCUT2D eigenvalue weighted by molar-refractivity contribution is 5.92. The van der Waals surface area contributed by atoms with E-state index in [4.69, 9.17) is 0 Å². The molecule has 0 aliphatic carbocycles. The molecule has 0 atom stereocenters. The van der Waals surface area contributed by atoms with Crippen LogP contribution in [0.15, 0.2) is 36.7 Å². The number of carbonyl (C=O) groups is 1. The van der Waals surface area contributed by atoms with Crippen molar-refractivity contribution in [2.45, 2.75) is 39.5 Å². The third-order valence-electron chi connectivity index (χ3n) is 4.99. The highest BCUT2D eigenvalue weighted by Gasteiger charge is 2.15. The number of anilines is 3. The quantitative estimate of drug-likeness (QED) is 0.724. The minimum absolute atomic E-state index is 0.178. The highest BCUT2D eigenvalue weighted by Crippen LogP contribution is 2.25. The molecule has 2 heterocycles. The molecular weight excluding hydrogens is 338 g/mol. The molecule has 6 nitrogen and oxygen atoms in total. The molecule has 1 aliphatic rings. The lowest BCUT2D eigenvalue weighted by atomic mass is 9.99. The van der Waals surface area contributed by atoms with Crippen molar-refractivity contribution in [2.75, 3.05) is 29.9 Å². The summed E-state index contributed by atoms with van der Waals surface area (Å²) in [6, 6.07) is 8.39. The summed E-state index contributed by atoms with van der Waals surface area (Å²) < 4.78 is 0. The fourth-order valence-corrected chi connectivity index (χ4v) is 3.15. The molecule has 0 saturated carbocycles. The van der Waals surface area contributed by atoms with Gasteiger partial charge < -0.3 is 15.5 Å². The van der Waals surface area contributed by atoms with Crippen molar-refractivity contribution in [3.05, 3.63) is 42.4 Å². The Bertz CT molecular complexity index is 721. The number of nitrogens with zero attached hydrogens (tertiary/aromatic N) is 3. The number of rotatable bonds is 7. The summed E-state index contributed by atoms with van der Waals surface area (Å²) in [5, 5.41) is 6.08. The molecular formula is C21H29N5O. The highest BCUT2D eigenvalue weighted by atomic mass is 16.1. The van der Waals surface area contributed by atoms with E-state index in [1.165, 1.54) is 24.7 Å². The van der Waals surface area contributed by atoms with Gasteiger partial charge in [-0.15, -0.1) is 0 Å². The maximum Gasteiger partial charge on any atom is 0.271 e. The van der Waals surface area contributed by atoms with Crippen molar-refractivity contribution >= 4 is 23.1 Å². The molecule has 0 radical (unpaired) electrons. The van der Waals surface area contributed by atoms with Crippen molar-refractivity contribution < 1.29 is 4.79 Å². The lowest BCUT2D eigenvalue weighted by molar-refractivity contribution is 0.0948. The molecule has 27 heavy (non-hydrogen) atoms. The number of hydrogen-bond donors (Lipinski definition) is 2. The first-order valence-corrected chi connectivity index (χ1v) is 9.88. The summed E-state index contributed by atoms with van der Waals surface area (Å²) in [4.78, 5) is 22.9. The second kappa shape index (κ2) is 9.35. The average molecular weight is 367 g/mol. The van der Waals surface area contributed by atoms with Crippen LogP contribution < -0.4 is 15.5 Å². The maximum atomic E-state index is 12.0. The Balaban J connectivity index is 1.55. The van der Waals surface area contributed by atoms with E-state index in [0.29, 0.717) is 18.1 Å². The molecule has 1 aromatic carbocycles. The molecule has 1 amide bonds. The normalized spacial score (nSPS) is 14.8. The van der Waals surface area contributed by atoms with Gasteiger partial charge in [-0.2, -0.15) is 0 Å². The monoisotopic (exact) mass is 367 g/mol. The van der Waals surface area contributed by atoms with Gasteiger partial charge in [-0.1, -0.05) is 20.3 Å². The molecule has 1 aliphatic heterocycles. The number of benzene rings is 1. The number of piperidine rings is 1. The van der Waals surface area contributed by atoms with Crippen LogP contribution in [0.4, 0.5) is 17.2 Å². The van der Waals surface area contributed by atoms with Gasteiger partial charge in [0, 0.05) is 31.0 Å². The predicted octanol–water partition coefficient (Wildman–Crippen LogP) is 3.99. The Morgan fingerprint density at radius 2 is 1.89 bits per heavy atom. The Morgan fingerprint density at radius 1 is 1.15 bits per heavy atom. The number of nitrogens with one attached hydrogen (secondary N) is 2. The van der Waals surface area contributed by atoms with Crippen LogP contribution in [0.5, 0.6) is 0 Å². The second-order valence-corrected chi connectivity index (χ2v) is 7.24. The fraction of sp³-hybridized carbons (Fsp3) is 0.476. The van der Waals surface area contributed by atoms with Crippen molar-refractivity contribution in [1.29, 1.82) is 0 Å². The van der Waals surface area contributed by atoms with Gasteiger partial charge in [0.25, 0.3) is 5.91 Å². The van der Waals surface area contributed by atoms with E-state index < -0.39 is 0 Å². The zero-order chi connectivity index (χ0) is 19.1. The first-order valence-electron chi connectivity index (χ1n) is 9.88. The average Bonchev–Trinajstić information content (AvgIpc) is 2.70. The third kappa shape index (κ3) is 5.42. The van der Waals surface area contributed by atoms with Crippen LogP contribution in [-0.4, -0.2) is 35.5 Å². The van der Waals surface area contributed by atoms with E-state index in [-0.39, 0.29) is 5.91 Å².